The number of hydrogen-bond donors (Lipinski definition) is 1. The average Bonchev–Trinajstić information content (AvgIpc) is 3.30. The molecule has 1 aliphatic carbocycles. The molecule has 118 valence electrons. The van der Waals surface area contributed by atoms with Crippen LogP contribution in [-0.4, -0.2) is 39.6 Å². The second-order valence-electron chi connectivity index (χ2n) is 5.18. The summed E-state index contributed by atoms with van der Waals surface area (Å²) in [5.41, 5.74) is 1.05. The quantitative estimate of drug-likeness (QED) is 0.637. The highest BCUT2D eigenvalue weighted by atomic mass is 35.5. The lowest BCUT2D eigenvalue weighted by Gasteiger charge is -2.13. The van der Waals surface area contributed by atoms with Gasteiger partial charge in [-0.05, 0) is 25.0 Å². The minimum atomic E-state index is 0.629. The molecule has 1 fully saturated rings. The Morgan fingerprint density at radius 2 is 2.05 bits per heavy atom. The third kappa shape index (κ3) is 6.22. The lowest BCUT2D eigenvalue weighted by atomic mass is 10.2. The molecule has 0 radical (unpaired) electrons. The fourth-order valence-corrected chi connectivity index (χ4v) is 2.20. The Bertz CT molecular complexity index is 424. The van der Waals surface area contributed by atoms with Crippen LogP contribution in [0.1, 0.15) is 24.8 Å². The molecule has 2 rings (SSSR count). The van der Waals surface area contributed by atoms with Crippen molar-refractivity contribution in [3.05, 3.63) is 28.8 Å². The molecular formula is C16H24ClNO3. The Kier molecular flexibility index (Phi) is 7.30. The molecule has 1 aliphatic rings. The summed E-state index contributed by atoms with van der Waals surface area (Å²) in [5.74, 6) is 0.868. The summed E-state index contributed by atoms with van der Waals surface area (Å²) in [5, 5.41) is 4.24. The van der Waals surface area contributed by atoms with Crippen LogP contribution in [-0.2, 0) is 16.0 Å². The van der Waals surface area contributed by atoms with Crippen molar-refractivity contribution in [2.45, 2.75) is 31.8 Å². The van der Waals surface area contributed by atoms with E-state index in [-0.39, 0.29) is 0 Å². The number of nitrogens with one attached hydrogen (secondary N) is 1. The zero-order valence-electron chi connectivity index (χ0n) is 12.6. The molecule has 4 nitrogen and oxygen atoms in total. The smallest absolute Gasteiger partial charge is 0.125 e. The van der Waals surface area contributed by atoms with Gasteiger partial charge in [0.2, 0.25) is 0 Å². The van der Waals surface area contributed by atoms with Crippen molar-refractivity contribution >= 4 is 11.6 Å². The predicted octanol–water partition coefficient (Wildman–Crippen LogP) is 3.02. The molecule has 5 heteroatoms. The zero-order valence-corrected chi connectivity index (χ0v) is 13.3. The summed E-state index contributed by atoms with van der Waals surface area (Å²) in [4.78, 5) is 0. The van der Waals surface area contributed by atoms with Crippen LogP contribution < -0.4 is 10.1 Å². The fraction of sp³-hybridized carbons (Fsp3) is 0.625. The first-order valence-corrected chi connectivity index (χ1v) is 7.89. The van der Waals surface area contributed by atoms with Gasteiger partial charge in [0.1, 0.15) is 5.75 Å². The van der Waals surface area contributed by atoms with E-state index < -0.39 is 0 Å². The molecule has 21 heavy (non-hydrogen) atoms. The summed E-state index contributed by atoms with van der Waals surface area (Å²) in [7, 11) is 1.67. The van der Waals surface area contributed by atoms with E-state index in [0.29, 0.717) is 32.5 Å². The van der Waals surface area contributed by atoms with Crippen LogP contribution in [0.4, 0.5) is 0 Å². The molecule has 0 amide bonds. The highest BCUT2D eigenvalue weighted by molar-refractivity contribution is 6.31. The Labute approximate surface area is 131 Å². The summed E-state index contributed by atoms with van der Waals surface area (Å²) in [6.07, 6.45) is 3.38. The van der Waals surface area contributed by atoms with Crippen molar-refractivity contribution < 1.29 is 14.2 Å². The molecule has 1 saturated carbocycles. The summed E-state index contributed by atoms with van der Waals surface area (Å²) >= 11 is 6.27. The maximum absolute atomic E-state index is 6.27. The van der Waals surface area contributed by atoms with Gasteiger partial charge in [-0.1, -0.05) is 17.7 Å². The van der Waals surface area contributed by atoms with Gasteiger partial charge in [-0.15, -0.1) is 0 Å². The second kappa shape index (κ2) is 9.26. The van der Waals surface area contributed by atoms with E-state index >= 15 is 0 Å². The van der Waals surface area contributed by atoms with Gasteiger partial charge in [0, 0.05) is 43.3 Å². The van der Waals surface area contributed by atoms with Gasteiger partial charge in [0.05, 0.1) is 19.8 Å². The van der Waals surface area contributed by atoms with E-state index in [2.05, 4.69) is 5.32 Å². The van der Waals surface area contributed by atoms with Crippen LogP contribution in [0.5, 0.6) is 5.75 Å². The third-order valence-corrected chi connectivity index (χ3v) is 3.70. The highest BCUT2D eigenvalue weighted by Gasteiger charge is 2.21. The molecule has 0 aromatic heterocycles. The molecule has 0 bridgehead atoms. The molecule has 1 aromatic rings. The summed E-state index contributed by atoms with van der Waals surface area (Å²) < 4.78 is 16.2. The Balaban J connectivity index is 1.72. The molecular weight excluding hydrogens is 290 g/mol. The van der Waals surface area contributed by atoms with E-state index in [4.69, 9.17) is 25.8 Å². The number of halogens is 1. The lowest BCUT2D eigenvalue weighted by Crippen LogP contribution is -2.16. The standard InChI is InChI=1S/C16H24ClNO3/c1-19-10-11-20-8-3-9-21-16-5-2-4-15(17)14(16)12-18-13-6-7-13/h2,4-5,13,18H,3,6-12H2,1H3. The van der Waals surface area contributed by atoms with Gasteiger partial charge in [-0.25, -0.2) is 0 Å². The van der Waals surface area contributed by atoms with Gasteiger partial charge in [-0.2, -0.15) is 0 Å². The molecule has 1 aromatic carbocycles. The predicted molar refractivity (Wildman–Crippen MR) is 84.1 cm³/mol. The Hall–Kier alpha value is -0.810. The van der Waals surface area contributed by atoms with E-state index in [9.17, 15) is 0 Å². The molecule has 0 unspecified atom stereocenters. The van der Waals surface area contributed by atoms with Crippen LogP contribution >= 0.6 is 11.6 Å². The van der Waals surface area contributed by atoms with Gasteiger partial charge in [-0.3, -0.25) is 0 Å². The average molecular weight is 314 g/mol. The minimum absolute atomic E-state index is 0.629. The maximum atomic E-state index is 6.27. The van der Waals surface area contributed by atoms with Crippen molar-refractivity contribution in [2.75, 3.05) is 33.5 Å². The number of methoxy groups -OCH3 is 1. The van der Waals surface area contributed by atoms with Crippen LogP contribution in [0.25, 0.3) is 0 Å². The first-order chi connectivity index (χ1) is 10.3. The normalized spacial score (nSPS) is 14.4. The van der Waals surface area contributed by atoms with E-state index in [1.165, 1.54) is 12.8 Å². The second-order valence-corrected chi connectivity index (χ2v) is 5.59. The largest absolute Gasteiger partial charge is 0.493 e. The van der Waals surface area contributed by atoms with Gasteiger partial charge >= 0.3 is 0 Å². The Morgan fingerprint density at radius 1 is 1.19 bits per heavy atom. The van der Waals surface area contributed by atoms with Crippen LogP contribution in [0.15, 0.2) is 18.2 Å². The zero-order chi connectivity index (χ0) is 14.9. The fourth-order valence-electron chi connectivity index (χ4n) is 1.97. The van der Waals surface area contributed by atoms with Crippen molar-refractivity contribution in [2.24, 2.45) is 0 Å². The molecule has 0 atom stereocenters. The van der Waals surface area contributed by atoms with Crippen molar-refractivity contribution in [1.82, 2.24) is 5.32 Å². The Morgan fingerprint density at radius 3 is 2.81 bits per heavy atom. The number of benzene rings is 1. The summed E-state index contributed by atoms with van der Waals surface area (Å²) in [6.45, 7) is 3.34. The van der Waals surface area contributed by atoms with Crippen LogP contribution in [0.3, 0.4) is 0 Å². The van der Waals surface area contributed by atoms with Crippen LogP contribution in [0, 0.1) is 0 Å². The topological polar surface area (TPSA) is 39.7 Å². The van der Waals surface area contributed by atoms with Gasteiger partial charge in [0.15, 0.2) is 0 Å². The number of hydrogen-bond acceptors (Lipinski definition) is 4. The lowest BCUT2D eigenvalue weighted by molar-refractivity contribution is 0.0644. The van der Waals surface area contributed by atoms with Crippen molar-refractivity contribution in [3.63, 3.8) is 0 Å². The molecule has 0 aliphatic heterocycles. The first kappa shape index (κ1) is 16.6. The first-order valence-electron chi connectivity index (χ1n) is 7.51. The SMILES string of the molecule is COCCOCCCOc1cccc(Cl)c1CNC1CC1. The van der Waals surface area contributed by atoms with Crippen molar-refractivity contribution in [3.8, 4) is 5.75 Å². The molecule has 0 heterocycles. The van der Waals surface area contributed by atoms with Crippen LogP contribution in [0.2, 0.25) is 5.02 Å². The molecule has 0 spiro atoms. The minimum Gasteiger partial charge on any atom is -0.493 e. The van der Waals surface area contributed by atoms with Gasteiger partial charge < -0.3 is 19.5 Å². The monoisotopic (exact) mass is 313 g/mol. The third-order valence-electron chi connectivity index (χ3n) is 3.34. The van der Waals surface area contributed by atoms with Crippen molar-refractivity contribution in [1.29, 1.82) is 0 Å². The maximum Gasteiger partial charge on any atom is 0.125 e. The number of rotatable bonds is 11. The molecule has 0 saturated heterocycles. The van der Waals surface area contributed by atoms with Gasteiger partial charge in [0.25, 0.3) is 0 Å². The van der Waals surface area contributed by atoms with E-state index in [1.807, 2.05) is 18.2 Å². The van der Waals surface area contributed by atoms with E-state index in [1.54, 1.807) is 7.11 Å². The summed E-state index contributed by atoms with van der Waals surface area (Å²) in [6, 6.07) is 6.46. The number of ether oxygens (including phenoxy) is 3. The van der Waals surface area contributed by atoms with E-state index in [0.717, 1.165) is 29.3 Å². The highest BCUT2D eigenvalue weighted by Crippen LogP contribution is 2.28. The molecule has 1 N–H and O–H groups in total.